The zero-order valence-corrected chi connectivity index (χ0v) is 12.7. The number of nitrogens with zero attached hydrogens (tertiary/aromatic N) is 2. The van der Waals surface area contributed by atoms with Crippen molar-refractivity contribution in [3.05, 3.63) is 12.7 Å². The molecule has 1 saturated heterocycles. The average molecular weight is 319 g/mol. The number of carbonyl (C=O) groups is 4. The van der Waals surface area contributed by atoms with E-state index in [1.54, 1.807) is 13.8 Å². The number of nitrogens with one attached hydrogen (secondary N) is 1. The fourth-order valence-electron chi connectivity index (χ4n) is 1.59. The third-order valence-corrected chi connectivity index (χ3v) is 2.74. The molecule has 1 aliphatic rings. The molecule has 118 valence electrons. The summed E-state index contributed by atoms with van der Waals surface area (Å²) in [6.45, 7) is 6.41. The number of nitrogens with two attached hydrogens (primary N) is 1. The van der Waals surface area contributed by atoms with Crippen LogP contribution in [0.4, 0.5) is 4.79 Å². The summed E-state index contributed by atoms with van der Waals surface area (Å²) < 4.78 is 0. The Hall–Kier alpha value is -1.93. The van der Waals surface area contributed by atoms with Gasteiger partial charge in [0, 0.05) is 18.6 Å². The Kier molecular flexibility index (Phi) is 6.52. The highest BCUT2D eigenvalue weighted by atomic mass is 35.5. The summed E-state index contributed by atoms with van der Waals surface area (Å²) >= 11 is 0. The van der Waals surface area contributed by atoms with E-state index in [9.17, 15) is 19.2 Å². The van der Waals surface area contributed by atoms with E-state index in [0.29, 0.717) is 4.90 Å². The van der Waals surface area contributed by atoms with Crippen molar-refractivity contribution in [2.45, 2.75) is 19.4 Å². The maximum Gasteiger partial charge on any atom is 0.335 e. The molecule has 0 aromatic rings. The molecule has 21 heavy (non-hydrogen) atoms. The highest BCUT2D eigenvalue weighted by Gasteiger charge is 2.44. The Morgan fingerprint density at radius 2 is 1.81 bits per heavy atom. The fraction of sp³-hybridized carbons (Fsp3) is 0.500. The molecule has 3 N–H and O–H groups in total. The van der Waals surface area contributed by atoms with Crippen molar-refractivity contribution >= 4 is 36.2 Å². The number of imide groups is 2. The number of hydrogen-bond acceptors (Lipinski definition) is 5. The predicted octanol–water partition coefficient (Wildman–Crippen LogP) is -0.761. The van der Waals surface area contributed by atoms with Gasteiger partial charge >= 0.3 is 17.8 Å². The van der Waals surface area contributed by atoms with E-state index in [2.05, 4.69) is 11.9 Å². The van der Waals surface area contributed by atoms with Crippen LogP contribution in [0.15, 0.2) is 12.7 Å². The molecular formula is C12H19ClN4O4. The van der Waals surface area contributed by atoms with Crippen LogP contribution in [-0.2, 0) is 14.4 Å². The van der Waals surface area contributed by atoms with E-state index in [1.165, 1.54) is 6.08 Å². The normalized spacial score (nSPS) is 15.1. The van der Waals surface area contributed by atoms with Gasteiger partial charge < -0.3 is 11.1 Å². The first-order chi connectivity index (χ1) is 9.23. The lowest BCUT2D eigenvalue weighted by atomic mass is 10.1. The minimum absolute atomic E-state index is 0. The van der Waals surface area contributed by atoms with Crippen molar-refractivity contribution in [2.75, 3.05) is 19.6 Å². The van der Waals surface area contributed by atoms with E-state index >= 15 is 0 Å². The van der Waals surface area contributed by atoms with Gasteiger partial charge in [-0.25, -0.2) is 9.69 Å². The standard InChI is InChI=1S/C12H18N4O4.ClH/c1-4-5-15-9(18)10(19)16(11(15)20)6-8(17)14-12(2,3)7-13;/h4H,1,5-7,13H2,2-3H3,(H,14,17);1H. The lowest BCUT2D eigenvalue weighted by Crippen LogP contribution is -2.52. The van der Waals surface area contributed by atoms with Gasteiger partial charge in [0.25, 0.3) is 0 Å². The van der Waals surface area contributed by atoms with Gasteiger partial charge in [-0.2, -0.15) is 0 Å². The molecule has 5 amide bonds. The first-order valence-electron chi connectivity index (χ1n) is 6.03. The third kappa shape index (κ3) is 4.27. The lowest BCUT2D eigenvalue weighted by Gasteiger charge is -2.25. The topological polar surface area (TPSA) is 113 Å². The van der Waals surface area contributed by atoms with Gasteiger partial charge in [-0.3, -0.25) is 19.3 Å². The Morgan fingerprint density at radius 1 is 1.29 bits per heavy atom. The molecule has 8 nitrogen and oxygen atoms in total. The van der Waals surface area contributed by atoms with Gasteiger partial charge in [0.05, 0.1) is 0 Å². The van der Waals surface area contributed by atoms with Gasteiger partial charge in [-0.1, -0.05) is 6.08 Å². The van der Waals surface area contributed by atoms with E-state index in [-0.39, 0.29) is 25.5 Å². The highest BCUT2D eigenvalue weighted by Crippen LogP contribution is 2.11. The number of amides is 5. The van der Waals surface area contributed by atoms with Crippen molar-refractivity contribution in [1.29, 1.82) is 0 Å². The minimum Gasteiger partial charge on any atom is -0.348 e. The van der Waals surface area contributed by atoms with Crippen molar-refractivity contribution in [2.24, 2.45) is 5.73 Å². The summed E-state index contributed by atoms with van der Waals surface area (Å²) in [7, 11) is 0. The minimum atomic E-state index is -1.02. The summed E-state index contributed by atoms with van der Waals surface area (Å²) in [5.74, 6) is -2.53. The predicted molar refractivity (Wildman–Crippen MR) is 77.5 cm³/mol. The van der Waals surface area contributed by atoms with Gasteiger partial charge in [-0.15, -0.1) is 19.0 Å². The van der Waals surface area contributed by atoms with E-state index < -0.39 is 35.8 Å². The van der Waals surface area contributed by atoms with Gasteiger partial charge in [-0.05, 0) is 13.8 Å². The van der Waals surface area contributed by atoms with Gasteiger partial charge in [0.2, 0.25) is 5.91 Å². The van der Waals surface area contributed by atoms with Crippen molar-refractivity contribution in [3.63, 3.8) is 0 Å². The van der Waals surface area contributed by atoms with E-state index in [1.807, 2.05) is 0 Å². The van der Waals surface area contributed by atoms with Crippen LogP contribution in [0.5, 0.6) is 0 Å². The summed E-state index contributed by atoms with van der Waals surface area (Å²) in [5, 5.41) is 2.58. The van der Waals surface area contributed by atoms with Gasteiger partial charge in [0.1, 0.15) is 6.54 Å². The van der Waals surface area contributed by atoms with Crippen molar-refractivity contribution in [3.8, 4) is 0 Å². The molecule has 1 fully saturated rings. The monoisotopic (exact) mass is 318 g/mol. The van der Waals surface area contributed by atoms with Crippen LogP contribution < -0.4 is 11.1 Å². The molecule has 0 spiro atoms. The molecule has 0 aliphatic carbocycles. The smallest absolute Gasteiger partial charge is 0.335 e. The zero-order chi connectivity index (χ0) is 15.5. The van der Waals surface area contributed by atoms with Crippen molar-refractivity contribution < 1.29 is 19.2 Å². The molecule has 9 heteroatoms. The molecule has 0 saturated carbocycles. The number of hydrogen-bond donors (Lipinski definition) is 2. The average Bonchev–Trinajstić information content (AvgIpc) is 2.56. The molecular weight excluding hydrogens is 300 g/mol. The molecule has 1 aliphatic heterocycles. The zero-order valence-electron chi connectivity index (χ0n) is 11.9. The van der Waals surface area contributed by atoms with Crippen LogP contribution in [0.1, 0.15) is 13.8 Å². The Balaban J connectivity index is 0.00000400. The Morgan fingerprint density at radius 3 is 2.29 bits per heavy atom. The van der Waals surface area contributed by atoms with Crippen LogP contribution in [0, 0.1) is 0 Å². The highest BCUT2D eigenvalue weighted by molar-refractivity contribution is 6.45. The molecule has 0 bridgehead atoms. The third-order valence-electron chi connectivity index (χ3n) is 2.74. The van der Waals surface area contributed by atoms with Crippen LogP contribution in [-0.4, -0.2) is 58.7 Å². The van der Waals surface area contributed by atoms with Crippen LogP contribution in [0.3, 0.4) is 0 Å². The van der Waals surface area contributed by atoms with Crippen LogP contribution >= 0.6 is 12.4 Å². The first-order valence-corrected chi connectivity index (χ1v) is 6.03. The summed E-state index contributed by atoms with van der Waals surface area (Å²) in [6.07, 6.45) is 1.32. The molecule has 0 aromatic heterocycles. The molecule has 0 atom stereocenters. The Labute approximate surface area is 128 Å². The Bertz CT molecular complexity index is 478. The van der Waals surface area contributed by atoms with E-state index in [4.69, 9.17) is 5.73 Å². The fourth-order valence-corrected chi connectivity index (χ4v) is 1.59. The van der Waals surface area contributed by atoms with E-state index in [0.717, 1.165) is 4.90 Å². The molecule has 0 unspecified atom stereocenters. The molecule has 1 heterocycles. The van der Waals surface area contributed by atoms with Crippen LogP contribution in [0.2, 0.25) is 0 Å². The second-order valence-corrected chi connectivity index (χ2v) is 5.01. The first kappa shape index (κ1) is 19.1. The molecule has 0 radical (unpaired) electrons. The maximum absolute atomic E-state index is 11.8. The second kappa shape index (κ2) is 7.19. The van der Waals surface area contributed by atoms with Gasteiger partial charge in [0.15, 0.2) is 0 Å². The summed E-state index contributed by atoms with van der Waals surface area (Å²) in [5.41, 5.74) is 4.81. The quantitative estimate of drug-likeness (QED) is 0.380. The number of carbonyl (C=O) groups excluding carboxylic acids is 4. The van der Waals surface area contributed by atoms with Crippen molar-refractivity contribution in [1.82, 2.24) is 15.1 Å². The lowest BCUT2D eigenvalue weighted by molar-refractivity contribution is -0.143. The van der Waals surface area contributed by atoms with Crippen LogP contribution in [0.25, 0.3) is 0 Å². The molecule has 0 aromatic carbocycles. The number of urea groups is 1. The largest absolute Gasteiger partial charge is 0.348 e. The SMILES string of the molecule is C=CCN1C(=O)C(=O)N(CC(=O)NC(C)(C)CN)C1=O.Cl. The maximum atomic E-state index is 11.8. The second-order valence-electron chi connectivity index (χ2n) is 5.01. The number of halogens is 1. The summed E-state index contributed by atoms with van der Waals surface area (Å²) in [4.78, 5) is 48.2. The molecule has 1 rings (SSSR count). The summed E-state index contributed by atoms with van der Waals surface area (Å²) in [6, 6.07) is -0.819. The number of rotatable bonds is 6.